The summed E-state index contributed by atoms with van der Waals surface area (Å²) in [5, 5.41) is 9.40. The van der Waals surface area contributed by atoms with Crippen molar-refractivity contribution in [1.29, 1.82) is 0 Å². The first kappa shape index (κ1) is 30.3. The van der Waals surface area contributed by atoms with E-state index in [0.29, 0.717) is 35.0 Å². The van der Waals surface area contributed by atoms with Crippen LogP contribution in [0.25, 0.3) is 11.1 Å². The van der Waals surface area contributed by atoms with Gasteiger partial charge in [-0.3, -0.25) is 5.32 Å². The summed E-state index contributed by atoms with van der Waals surface area (Å²) in [6, 6.07) is 17.0. The molecule has 49 heavy (non-hydrogen) atoms. The van der Waals surface area contributed by atoms with Crippen molar-refractivity contribution in [3.8, 4) is 11.1 Å². The van der Waals surface area contributed by atoms with Crippen molar-refractivity contribution in [3.63, 3.8) is 0 Å². The fourth-order valence-electron chi connectivity index (χ4n) is 11.3. The molecule has 0 radical (unpaired) electrons. The van der Waals surface area contributed by atoms with Crippen molar-refractivity contribution in [1.82, 2.24) is 10.6 Å². The second-order valence-electron chi connectivity index (χ2n) is 16.8. The highest BCUT2D eigenvalue weighted by Gasteiger charge is 2.56. The molecule has 2 aromatic carbocycles. The van der Waals surface area contributed by atoms with Crippen LogP contribution in [0, 0.1) is 29.1 Å². The molecule has 10 rings (SSSR count). The van der Waals surface area contributed by atoms with Gasteiger partial charge in [0.1, 0.15) is 6.17 Å². The fraction of sp³-hybridized carbons (Fsp3) is 0.391. The summed E-state index contributed by atoms with van der Waals surface area (Å²) in [6.45, 7) is 10.1. The van der Waals surface area contributed by atoms with E-state index in [1.54, 1.807) is 27.8 Å². The highest BCUT2D eigenvalue weighted by Crippen LogP contribution is 2.66. The van der Waals surface area contributed by atoms with Crippen LogP contribution < -0.4 is 10.6 Å². The molecule has 2 N–H and O–H groups in total. The minimum absolute atomic E-state index is 0.0122. The zero-order valence-corrected chi connectivity index (χ0v) is 30.1. The van der Waals surface area contributed by atoms with Gasteiger partial charge in [0.2, 0.25) is 0 Å². The van der Waals surface area contributed by atoms with Gasteiger partial charge in [-0.15, -0.1) is 0 Å². The lowest BCUT2D eigenvalue weighted by Gasteiger charge is -2.39. The van der Waals surface area contributed by atoms with E-state index in [9.17, 15) is 0 Å². The number of thioether (sulfide) groups is 1. The second-order valence-corrected chi connectivity index (χ2v) is 17.9. The van der Waals surface area contributed by atoms with Crippen LogP contribution in [0.15, 0.2) is 135 Å². The number of hydrogen-bond acceptors (Lipinski definition) is 3. The van der Waals surface area contributed by atoms with E-state index < -0.39 is 0 Å². The molecule has 0 bridgehead atoms. The molecule has 3 heteroatoms. The molecule has 6 aliphatic carbocycles. The summed E-state index contributed by atoms with van der Waals surface area (Å²) >= 11 is 1.96. The first-order chi connectivity index (χ1) is 23.8. The van der Waals surface area contributed by atoms with Crippen LogP contribution in [0.1, 0.15) is 88.6 Å². The van der Waals surface area contributed by atoms with Crippen molar-refractivity contribution in [2.24, 2.45) is 29.1 Å². The highest BCUT2D eigenvalue weighted by molar-refractivity contribution is 8.07. The molecule has 0 spiro atoms. The van der Waals surface area contributed by atoms with E-state index >= 15 is 0 Å². The van der Waals surface area contributed by atoms with E-state index in [4.69, 9.17) is 0 Å². The molecule has 0 saturated heterocycles. The maximum Gasteiger partial charge on any atom is 0.104 e. The molecule has 1 fully saturated rings. The number of hydrogen-bond donors (Lipinski definition) is 2. The molecule has 7 atom stereocenters. The van der Waals surface area contributed by atoms with Gasteiger partial charge in [-0.25, -0.2) is 0 Å². The Hall–Kier alpha value is -3.53. The summed E-state index contributed by atoms with van der Waals surface area (Å²) in [7, 11) is 0. The maximum atomic E-state index is 4.09. The molecule has 0 amide bonds. The number of nitrogens with one attached hydrogen (secondary N) is 2. The summed E-state index contributed by atoms with van der Waals surface area (Å²) < 4.78 is 0. The zero-order valence-electron chi connectivity index (χ0n) is 29.3. The Morgan fingerprint density at radius 2 is 1.65 bits per heavy atom. The molecule has 2 aliphatic heterocycles. The monoisotopic (exact) mass is 660 g/mol. The smallest absolute Gasteiger partial charge is 0.104 e. The van der Waals surface area contributed by atoms with Crippen molar-refractivity contribution in [2.75, 3.05) is 0 Å². The topological polar surface area (TPSA) is 24.1 Å². The molecule has 1 saturated carbocycles. The number of fused-ring (bicyclic) bond motifs is 8. The number of rotatable bonds is 3. The predicted octanol–water partition coefficient (Wildman–Crippen LogP) is 11.1. The van der Waals surface area contributed by atoms with Gasteiger partial charge in [-0.2, -0.15) is 0 Å². The minimum atomic E-state index is 0.0122. The van der Waals surface area contributed by atoms with Crippen LogP contribution in [-0.2, 0) is 5.41 Å². The van der Waals surface area contributed by atoms with E-state index in [0.717, 1.165) is 19.3 Å². The Balaban J connectivity index is 0.980. The SMILES string of the molecule is CC1(C)C2=CC3C4=CC=CCC4C(C)(C)C3CC2c2cccc(-c3ccc(C4NC5=C(C6CC=CC=C6S5)C(C5=CC=CCC5)N4)cc3)c21. The largest absolute Gasteiger partial charge is 0.360 e. The van der Waals surface area contributed by atoms with E-state index in [2.05, 4.69) is 142 Å². The molecular weight excluding hydrogens is 613 g/mol. The van der Waals surface area contributed by atoms with E-state index in [1.165, 1.54) is 45.0 Å². The van der Waals surface area contributed by atoms with E-state index in [-0.39, 0.29) is 17.6 Å². The van der Waals surface area contributed by atoms with Crippen molar-refractivity contribution in [3.05, 3.63) is 152 Å². The fourth-order valence-corrected chi connectivity index (χ4v) is 12.6. The number of benzene rings is 2. The Morgan fingerprint density at radius 3 is 2.49 bits per heavy atom. The average molecular weight is 661 g/mol. The third-order valence-electron chi connectivity index (χ3n) is 13.8. The predicted molar refractivity (Wildman–Crippen MR) is 206 cm³/mol. The third-order valence-corrected chi connectivity index (χ3v) is 15.0. The van der Waals surface area contributed by atoms with Crippen LogP contribution >= 0.6 is 11.8 Å². The average Bonchev–Trinajstić information content (AvgIpc) is 3.71. The molecule has 7 unspecified atom stereocenters. The minimum Gasteiger partial charge on any atom is -0.360 e. The van der Waals surface area contributed by atoms with Crippen LogP contribution in [0.5, 0.6) is 0 Å². The van der Waals surface area contributed by atoms with Crippen molar-refractivity contribution in [2.45, 2.75) is 83.3 Å². The Kier molecular flexibility index (Phi) is 6.79. The van der Waals surface area contributed by atoms with Gasteiger partial charge in [-0.1, -0.05) is 154 Å². The molecule has 2 nitrogen and oxygen atoms in total. The number of allylic oxidation sites excluding steroid dienone is 13. The van der Waals surface area contributed by atoms with Gasteiger partial charge in [-0.05, 0) is 93.2 Å². The summed E-state index contributed by atoms with van der Waals surface area (Å²) in [5.74, 6) is 2.99. The second kappa shape index (κ2) is 11.0. The molecule has 2 heterocycles. The lowest BCUT2D eigenvalue weighted by atomic mass is 9.65. The third kappa shape index (κ3) is 4.44. The van der Waals surface area contributed by atoms with Crippen LogP contribution in [0.4, 0.5) is 0 Å². The van der Waals surface area contributed by atoms with Crippen LogP contribution in [-0.4, -0.2) is 6.04 Å². The Bertz CT molecular complexity index is 2010. The van der Waals surface area contributed by atoms with Gasteiger partial charge >= 0.3 is 0 Å². The summed E-state index contributed by atoms with van der Waals surface area (Å²) in [6.07, 6.45) is 29.7. The van der Waals surface area contributed by atoms with Crippen molar-refractivity contribution < 1.29 is 0 Å². The van der Waals surface area contributed by atoms with Crippen LogP contribution in [0.2, 0.25) is 0 Å². The zero-order chi connectivity index (χ0) is 33.1. The van der Waals surface area contributed by atoms with E-state index in [1.807, 2.05) is 11.8 Å². The normalized spacial score (nSPS) is 34.0. The Morgan fingerprint density at radius 1 is 0.837 bits per heavy atom. The molecule has 8 aliphatic rings. The highest BCUT2D eigenvalue weighted by atomic mass is 32.2. The van der Waals surface area contributed by atoms with Gasteiger partial charge in [0.25, 0.3) is 0 Å². The molecular formula is C46H48N2S. The maximum absolute atomic E-state index is 4.09. The standard InChI is InChI=1S/C46H48N2S/c1-45(2)36-19-10-8-15-31(36)34-25-38-35(26-37(34)45)32-18-12-17-30(41(32)46(38,3)4)27-21-23-29(24-22-27)43-47-42(28-13-6-5-7-14-28)40-33-16-9-11-20-39(33)49-44(40)48-43/h5-6,8-13,15,17-18,20-25,33-37,42-43,47-48H,7,14,16,19,26H2,1-4H3. The Labute approximate surface area is 297 Å². The first-order valence-electron chi connectivity index (χ1n) is 18.8. The van der Waals surface area contributed by atoms with Crippen LogP contribution in [0.3, 0.4) is 0 Å². The first-order valence-corrected chi connectivity index (χ1v) is 19.6. The molecule has 0 aromatic heterocycles. The van der Waals surface area contributed by atoms with Crippen molar-refractivity contribution >= 4 is 11.8 Å². The lowest BCUT2D eigenvalue weighted by Crippen LogP contribution is -2.47. The molecule has 2 aromatic rings. The summed E-state index contributed by atoms with van der Waals surface area (Å²) in [4.78, 5) is 1.49. The lowest BCUT2D eigenvalue weighted by molar-refractivity contribution is 0.159. The van der Waals surface area contributed by atoms with Gasteiger partial charge < -0.3 is 5.32 Å². The quantitative estimate of drug-likeness (QED) is 0.320. The van der Waals surface area contributed by atoms with Gasteiger partial charge in [0.15, 0.2) is 0 Å². The molecule has 248 valence electrons. The van der Waals surface area contributed by atoms with Gasteiger partial charge in [0, 0.05) is 23.2 Å². The van der Waals surface area contributed by atoms with Gasteiger partial charge in [0.05, 0.1) is 11.1 Å². The summed E-state index contributed by atoms with van der Waals surface area (Å²) in [5.41, 5.74) is 13.9.